The SMILES string of the molecule is CCCNC(C)(C#N)COc1ccc(OC)c([N+](=O)[O-])c1. The Labute approximate surface area is 123 Å². The fraction of sp³-hybridized carbons (Fsp3) is 0.500. The highest BCUT2D eigenvalue weighted by atomic mass is 16.6. The topological polar surface area (TPSA) is 97.4 Å². The number of rotatable bonds is 8. The van der Waals surface area contributed by atoms with Crippen molar-refractivity contribution in [2.24, 2.45) is 0 Å². The molecular formula is C14H19N3O4. The minimum Gasteiger partial charge on any atom is -0.490 e. The molecule has 1 unspecified atom stereocenters. The summed E-state index contributed by atoms with van der Waals surface area (Å²) in [5.41, 5.74) is -1.01. The zero-order valence-corrected chi connectivity index (χ0v) is 12.4. The summed E-state index contributed by atoms with van der Waals surface area (Å²) >= 11 is 0. The Balaban J connectivity index is 2.82. The van der Waals surface area contributed by atoms with E-state index in [0.717, 1.165) is 6.42 Å². The van der Waals surface area contributed by atoms with E-state index in [9.17, 15) is 15.4 Å². The summed E-state index contributed by atoms with van der Waals surface area (Å²) in [6, 6.07) is 6.48. The van der Waals surface area contributed by atoms with Gasteiger partial charge in [0.05, 0.1) is 24.2 Å². The van der Waals surface area contributed by atoms with Gasteiger partial charge in [-0.15, -0.1) is 0 Å². The van der Waals surface area contributed by atoms with Gasteiger partial charge in [0.2, 0.25) is 0 Å². The molecule has 1 aromatic rings. The van der Waals surface area contributed by atoms with E-state index >= 15 is 0 Å². The van der Waals surface area contributed by atoms with Gasteiger partial charge in [-0.2, -0.15) is 5.26 Å². The van der Waals surface area contributed by atoms with Crippen LogP contribution in [0.3, 0.4) is 0 Å². The van der Waals surface area contributed by atoms with Crippen LogP contribution in [0.15, 0.2) is 18.2 Å². The van der Waals surface area contributed by atoms with E-state index in [1.165, 1.54) is 19.2 Å². The molecule has 1 rings (SSSR count). The molecule has 0 aliphatic carbocycles. The van der Waals surface area contributed by atoms with E-state index < -0.39 is 10.5 Å². The van der Waals surface area contributed by atoms with Gasteiger partial charge < -0.3 is 9.47 Å². The van der Waals surface area contributed by atoms with Gasteiger partial charge in [0, 0.05) is 0 Å². The molecule has 0 spiro atoms. The number of nitro groups is 1. The molecule has 1 aromatic carbocycles. The molecule has 0 saturated carbocycles. The van der Waals surface area contributed by atoms with Crippen LogP contribution in [0, 0.1) is 21.4 Å². The van der Waals surface area contributed by atoms with E-state index in [1.807, 2.05) is 6.92 Å². The van der Waals surface area contributed by atoms with Crippen molar-refractivity contribution < 1.29 is 14.4 Å². The van der Waals surface area contributed by atoms with Gasteiger partial charge in [-0.3, -0.25) is 15.4 Å². The van der Waals surface area contributed by atoms with E-state index in [1.54, 1.807) is 13.0 Å². The lowest BCUT2D eigenvalue weighted by atomic mass is 10.1. The van der Waals surface area contributed by atoms with E-state index in [4.69, 9.17) is 9.47 Å². The Morgan fingerprint density at radius 2 is 2.24 bits per heavy atom. The van der Waals surface area contributed by atoms with Gasteiger partial charge in [0.25, 0.3) is 0 Å². The first-order valence-corrected chi connectivity index (χ1v) is 6.57. The predicted octanol–water partition coefficient (Wildman–Crippen LogP) is 2.26. The van der Waals surface area contributed by atoms with Crippen LogP contribution in [0.2, 0.25) is 0 Å². The molecule has 114 valence electrons. The molecule has 1 atom stereocenters. The van der Waals surface area contributed by atoms with Gasteiger partial charge in [0.15, 0.2) is 5.75 Å². The zero-order valence-electron chi connectivity index (χ0n) is 12.4. The number of hydrogen-bond donors (Lipinski definition) is 1. The van der Waals surface area contributed by atoms with Crippen molar-refractivity contribution >= 4 is 5.69 Å². The summed E-state index contributed by atoms with van der Waals surface area (Å²) in [5, 5.41) is 23.2. The van der Waals surface area contributed by atoms with Gasteiger partial charge in [-0.25, -0.2) is 0 Å². The number of hydrogen-bond acceptors (Lipinski definition) is 6. The number of nitrogens with one attached hydrogen (secondary N) is 1. The number of nitrogens with zero attached hydrogens (tertiary/aromatic N) is 2. The van der Waals surface area contributed by atoms with Crippen molar-refractivity contribution in [2.45, 2.75) is 25.8 Å². The molecule has 7 nitrogen and oxygen atoms in total. The van der Waals surface area contributed by atoms with Crippen molar-refractivity contribution in [1.82, 2.24) is 5.32 Å². The second-order valence-electron chi connectivity index (χ2n) is 4.75. The average Bonchev–Trinajstić information content (AvgIpc) is 2.50. The van der Waals surface area contributed by atoms with Crippen LogP contribution in [-0.2, 0) is 0 Å². The number of benzene rings is 1. The Morgan fingerprint density at radius 3 is 2.76 bits per heavy atom. The van der Waals surface area contributed by atoms with Crippen molar-refractivity contribution in [3.63, 3.8) is 0 Å². The summed E-state index contributed by atoms with van der Waals surface area (Å²) in [4.78, 5) is 10.4. The van der Waals surface area contributed by atoms with Crippen LogP contribution in [0.1, 0.15) is 20.3 Å². The molecule has 0 aliphatic heterocycles. The average molecular weight is 293 g/mol. The third kappa shape index (κ3) is 4.61. The first-order chi connectivity index (χ1) is 9.95. The van der Waals surface area contributed by atoms with Crippen molar-refractivity contribution in [3.05, 3.63) is 28.3 Å². The largest absolute Gasteiger partial charge is 0.490 e. The highest BCUT2D eigenvalue weighted by Gasteiger charge is 2.24. The molecule has 0 amide bonds. The summed E-state index contributed by atoms with van der Waals surface area (Å²) < 4.78 is 10.4. The molecule has 0 saturated heterocycles. The van der Waals surface area contributed by atoms with Gasteiger partial charge >= 0.3 is 5.69 Å². The first kappa shape index (κ1) is 16.7. The molecule has 0 heterocycles. The van der Waals surface area contributed by atoms with Crippen molar-refractivity contribution in [2.75, 3.05) is 20.3 Å². The molecule has 0 aromatic heterocycles. The summed E-state index contributed by atoms with van der Waals surface area (Å²) in [6.07, 6.45) is 0.894. The minimum atomic E-state index is -0.843. The van der Waals surface area contributed by atoms with E-state index in [-0.39, 0.29) is 18.0 Å². The maximum Gasteiger partial charge on any atom is 0.314 e. The quantitative estimate of drug-likeness (QED) is 0.583. The van der Waals surface area contributed by atoms with Crippen LogP contribution >= 0.6 is 0 Å². The highest BCUT2D eigenvalue weighted by Crippen LogP contribution is 2.31. The van der Waals surface area contributed by atoms with Crippen LogP contribution in [-0.4, -0.2) is 30.7 Å². The number of nitriles is 1. The lowest BCUT2D eigenvalue weighted by molar-refractivity contribution is -0.385. The Morgan fingerprint density at radius 1 is 1.52 bits per heavy atom. The smallest absolute Gasteiger partial charge is 0.314 e. The molecule has 0 bridgehead atoms. The molecule has 7 heteroatoms. The third-order valence-electron chi connectivity index (χ3n) is 2.89. The fourth-order valence-electron chi connectivity index (χ4n) is 1.65. The fourth-order valence-corrected chi connectivity index (χ4v) is 1.65. The molecular weight excluding hydrogens is 274 g/mol. The Kier molecular flexibility index (Phi) is 5.93. The third-order valence-corrected chi connectivity index (χ3v) is 2.89. The van der Waals surface area contributed by atoms with Gasteiger partial charge in [0.1, 0.15) is 17.9 Å². The van der Waals surface area contributed by atoms with Crippen molar-refractivity contribution in [1.29, 1.82) is 5.26 Å². The van der Waals surface area contributed by atoms with Crippen LogP contribution in [0.25, 0.3) is 0 Å². The summed E-state index contributed by atoms with van der Waals surface area (Å²) in [6.45, 7) is 4.50. The Hall–Kier alpha value is -2.33. The maximum atomic E-state index is 10.9. The second kappa shape index (κ2) is 7.45. The maximum absolute atomic E-state index is 10.9. The second-order valence-corrected chi connectivity index (χ2v) is 4.75. The monoisotopic (exact) mass is 293 g/mol. The zero-order chi connectivity index (χ0) is 15.9. The van der Waals surface area contributed by atoms with E-state index in [2.05, 4.69) is 11.4 Å². The van der Waals surface area contributed by atoms with Crippen LogP contribution in [0.5, 0.6) is 11.5 Å². The normalized spacial score (nSPS) is 13.0. The van der Waals surface area contributed by atoms with E-state index in [0.29, 0.717) is 12.3 Å². The standard InChI is InChI=1S/C14H19N3O4/c1-4-7-16-14(2,9-15)10-21-11-5-6-13(20-3)12(8-11)17(18)19/h5-6,8,16H,4,7,10H2,1-3H3. The van der Waals surface area contributed by atoms with Crippen molar-refractivity contribution in [3.8, 4) is 17.6 Å². The lowest BCUT2D eigenvalue weighted by Crippen LogP contribution is -2.46. The molecule has 0 radical (unpaired) electrons. The number of methoxy groups -OCH3 is 1. The van der Waals surface area contributed by atoms with Gasteiger partial charge in [-0.1, -0.05) is 6.92 Å². The summed E-state index contributed by atoms with van der Waals surface area (Å²) in [7, 11) is 1.37. The number of nitro benzene ring substituents is 1. The molecule has 0 fully saturated rings. The van der Waals surface area contributed by atoms with Crippen LogP contribution in [0.4, 0.5) is 5.69 Å². The highest BCUT2D eigenvalue weighted by molar-refractivity contribution is 5.50. The number of ether oxygens (including phenoxy) is 2. The van der Waals surface area contributed by atoms with Gasteiger partial charge in [-0.05, 0) is 32.0 Å². The summed E-state index contributed by atoms with van der Waals surface area (Å²) in [5.74, 6) is 0.488. The van der Waals surface area contributed by atoms with Crippen LogP contribution < -0.4 is 14.8 Å². The molecule has 0 aliphatic rings. The molecule has 21 heavy (non-hydrogen) atoms. The Bertz CT molecular complexity index is 542. The predicted molar refractivity (Wildman–Crippen MR) is 77.5 cm³/mol. The molecule has 1 N–H and O–H groups in total. The minimum absolute atomic E-state index is 0.0903. The lowest BCUT2D eigenvalue weighted by Gasteiger charge is -2.23. The first-order valence-electron chi connectivity index (χ1n) is 6.57.